The molecule has 1 aromatic carbocycles. The van der Waals surface area contributed by atoms with Crippen molar-refractivity contribution in [2.24, 2.45) is 5.41 Å². The molecule has 0 aliphatic carbocycles. The molecule has 0 aliphatic heterocycles. The summed E-state index contributed by atoms with van der Waals surface area (Å²) in [6.07, 6.45) is -4.30. The minimum absolute atomic E-state index is 0.172. The van der Waals surface area contributed by atoms with E-state index in [2.05, 4.69) is 10.6 Å². The summed E-state index contributed by atoms with van der Waals surface area (Å²) in [7, 11) is 0. The van der Waals surface area contributed by atoms with Crippen molar-refractivity contribution in [2.75, 3.05) is 16.4 Å². The molecule has 0 saturated heterocycles. The summed E-state index contributed by atoms with van der Waals surface area (Å²) in [5, 5.41) is 6.00. The van der Waals surface area contributed by atoms with Gasteiger partial charge in [0.15, 0.2) is 0 Å². The molecule has 2 N–H and O–H groups in total. The highest BCUT2D eigenvalue weighted by Crippen LogP contribution is 2.34. The van der Waals surface area contributed by atoms with Crippen LogP contribution in [0.4, 0.5) is 23.9 Å². The maximum Gasteiger partial charge on any atom is 0.398 e. The summed E-state index contributed by atoms with van der Waals surface area (Å²) < 4.78 is 37.5. The van der Waals surface area contributed by atoms with E-state index >= 15 is 0 Å². The Morgan fingerprint density at radius 3 is 2.36 bits per heavy atom. The molecule has 0 atom stereocenters. The van der Waals surface area contributed by atoms with Gasteiger partial charge < -0.3 is 10.6 Å². The van der Waals surface area contributed by atoms with Crippen LogP contribution < -0.4 is 10.6 Å². The van der Waals surface area contributed by atoms with E-state index in [9.17, 15) is 22.8 Å². The molecule has 2 aromatic rings. The van der Waals surface area contributed by atoms with Gasteiger partial charge in [0, 0.05) is 10.3 Å². The molecule has 1 heterocycles. The number of thiophene rings is 1. The van der Waals surface area contributed by atoms with Crippen LogP contribution in [0.3, 0.4) is 0 Å². The van der Waals surface area contributed by atoms with E-state index in [0.29, 0.717) is 37.8 Å². The zero-order chi connectivity index (χ0) is 21.1. The number of halogens is 3. The minimum Gasteiger partial charge on any atom is -0.320 e. The lowest BCUT2D eigenvalue weighted by Crippen LogP contribution is -2.27. The second kappa shape index (κ2) is 8.57. The minimum atomic E-state index is -4.30. The molecule has 2 rings (SSSR count). The van der Waals surface area contributed by atoms with E-state index in [1.807, 2.05) is 0 Å². The number of amides is 2. The number of carbonyl (C=O) groups is 2. The normalized spacial score (nSPS) is 12.0. The van der Waals surface area contributed by atoms with Crippen molar-refractivity contribution in [1.29, 1.82) is 0 Å². The van der Waals surface area contributed by atoms with Crippen molar-refractivity contribution in [3.8, 4) is 0 Å². The molecule has 28 heavy (non-hydrogen) atoms. The zero-order valence-electron chi connectivity index (χ0n) is 15.9. The number of benzene rings is 1. The van der Waals surface area contributed by atoms with E-state index < -0.39 is 23.3 Å². The summed E-state index contributed by atoms with van der Waals surface area (Å²) >= 11 is 1.74. The molecule has 152 valence electrons. The number of rotatable bonds is 5. The van der Waals surface area contributed by atoms with Gasteiger partial charge in [-0.1, -0.05) is 32.9 Å². The van der Waals surface area contributed by atoms with Crippen molar-refractivity contribution in [3.05, 3.63) is 40.8 Å². The number of hydrogen-bond donors (Lipinski definition) is 2. The van der Waals surface area contributed by atoms with Crippen LogP contribution in [0.15, 0.2) is 35.2 Å². The molecule has 0 aliphatic rings. The second-order valence-electron chi connectivity index (χ2n) is 7.18. The largest absolute Gasteiger partial charge is 0.398 e. The Labute approximate surface area is 169 Å². The Kier molecular flexibility index (Phi) is 6.82. The highest BCUT2D eigenvalue weighted by molar-refractivity contribution is 7.99. The average Bonchev–Trinajstić information content (AvgIpc) is 2.93. The number of alkyl halides is 3. The van der Waals surface area contributed by atoms with Crippen molar-refractivity contribution < 1.29 is 22.8 Å². The van der Waals surface area contributed by atoms with E-state index in [4.69, 9.17) is 0 Å². The smallest absolute Gasteiger partial charge is 0.320 e. The molecule has 0 saturated carbocycles. The molecule has 1 aromatic heterocycles. The number of para-hydroxylation sites is 1. The van der Waals surface area contributed by atoms with Crippen molar-refractivity contribution >= 4 is 45.6 Å². The Morgan fingerprint density at radius 2 is 1.75 bits per heavy atom. The zero-order valence-corrected chi connectivity index (χ0v) is 17.5. The summed E-state index contributed by atoms with van der Waals surface area (Å²) in [5.74, 6) is -1.64. The Balaban J connectivity index is 2.15. The summed E-state index contributed by atoms with van der Waals surface area (Å²) in [4.78, 5) is 25.5. The first kappa shape index (κ1) is 22.3. The quantitative estimate of drug-likeness (QED) is 0.577. The van der Waals surface area contributed by atoms with Gasteiger partial charge in [-0.05, 0) is 30.7 Å². The Hall–Kier alpha value is -2.00. The van der Waals surface area contributed by atoms with Gasteiger partial charge in [0.05, 0.1) is 21.3 Å². The molecular weight excluding hydrogens is 409 g/mol. The number of thioether (sulfide) groups is 1. The van der Waals surface area contributed by atoms with Crippen LogP contribution in [0.2, 0.25) is 0 Å². The van der Waals surface area contributed by atoms with Crippen LogP contribution in [-0.2, 0) is 4.79 Å². The fraction of sp³-hybridized carbons (Fsp3) is 0.368. The van der Waals surface area contributed by atoms with Crippen LogP contribution >= 0.6 is 23.1 Å². The molecule has 0 spiro atoms. The number of carbonyl (C=O) groups excluding carboxylic acids is 2. The van der Waals surface area contributed by atoms with Gasteiger partial charge in [-0.25, -0.2) is 0 Å². The molecule has 0 fully saturated rings. The number of aryl methyl sites for hydroxylation is 1. The average molecular weight is 431 g/mol. The van der Waals surface area contributed by atoms with Gasteiger partial charge in [0.2, 0.25) is 5.91 Å². The van der Waals surface area contributed by atoms with E-state index in [-0.39, 0.29) is 5.91 Å². The SMILES string of the molecule is Cc1cc(NC(=O)C(C)(C)C)sc1C(=O)Nc1ccccc1SCC(F)(F)F. The summed E-state index contributed by atoms with van der Waals surface area (Å²) in [5.41, 5.74) is 0.413. The highest BCUT2D eigenvalue weighted by Gasteiger charge is 2.28. The van der Waals surface area contributed by atoms with Gasteiger partial charge in [0.25, 0.3) is 5.91 Å². The van der Waals surface area contributed by atoms with Gasteiger partial charge in [-0.3, -0.25) is 9.59 Å². The summed E-state index contributed by atoms with van der Waals surface area (Å²) in [6, 6.07) is 8.05. The third kappa shape index (κ3) is 6.27. The predicted molar refractivity (Wildman–Crippen MR) is 108 cm³/mol. The molecule has 0 unspecified atom stereocenters. The number of nitrogens with one attached hydrogen (secondary N) is 2. The van der Waals surface area contributed by atoms with E-state index in [1.165, 1.54) is 6.07 Å². The lowest BCUT2D eigenvalue weighted by Gasteiger charge is -2.16. The Morgan fingerprint density at radius 1 is 1.11 bits per heavy atom. The third-order valence-electron chi connectivity index (χ3n) is 3.57. The monoisotopic (exact) mass is 430 g/mol. The fourth-order valence-corrected chi connectivity index (χ4v) is 3.83. The Bertz CT molecular complexity index is 871. The van der Waals surface area contributed by atoms with Crippen molar-refractivity contribution in [3.63, 3.8) is 0 Å². The summed E-state index contributed by atoms with van der Waals surface area (Å²) in [6.45, 7) is 7.09. The highest BCUT2D eigenvalue weighted by atomic mass is 32.2. The molecular formula is C19H21F3N2O2S2. The fourth-order valence-electron chi connectivity index (χ4n) is 2.10. The first-order chi connectivity index (χ1) is 12.9. The third-order valence-corrected chi connectivity index (χ3v) is 5.86. The van der Waals surface area contributed by atoms with E-state index in [1.54, 1.807) is 52.0 Å². The maximum absolute atomic E-state index is 12.6. The van der Waals surface area contributed by atoms with Crippen LogP contribution in [0.1, 0.15) is 36.0 Å². The molecule has 0 radical (unpaired) electrons. The first-order valence-corrected chi connectivity index (χ1v) is 10.2. The second-order valence-corrected chi connectivity index (χ2v) is 9.25. The number of hydrogen-bond acceptors (Lipinski definition) is 4. The van der Waals surface area contributed by atoms with Crippen molar-refractivity contribution in [2.45, 2.75) is 38.8 Å². The van der Waals surface area contributed by atoms with Gasteiger partial charge in [-0.2, -0.15) is 13.2 Å². The van der Waals surface area contributed by atoms with E-state index in [0.717, 1.165) is 11.3 Å². The van der Waals surface area contributed by atoms with Gasteiger partial charge in [0.1, 0.15) is 0 Å². The van der Waals surface area contributed by atoms with Gasteiger partial charge in [-0.15, -0.1) is 23.1 Å². The lowest BCUT2D eigenvalue weighted by molar-refractivity contribution is -0.123. The van der Waals surface area contributed by atoms with Gasteiger partial charge >= 0.3 is 6.18 Å². The molecule has 9 heteroatoms. The van der Waals surface area contributed by atoms with Crippen LogP contribution in [0, 0.1) is 12.3 Å². The standard InChI is InChI=1S/C19H21F3N2O2S2/c1-11-9-14(24-17(26)18(2,3)4)28-15(11)16(25)23-12-7-5-6-8-13(12)27-10-19(20,21)22/h5-9H,10H2,1-4H3,(H,23,25)(H,24,26). The molecule has 2 amide bonds. The lowest BCUT2D eigenvalue weighted by atomic mass is 9.96. The van der Waals surface area contributed by atoms with Crippen molar-refractivity contribution in [1.82, 2.24) is 0 Å². The topological polar surface area (TPSA) is 58.2 Å². The number of anilines is 2. The molecule has 0 bridgehead atoms. The van der Waals surface area contributed by atoms with Crippen LogP contribution in [0.25, 0.3) is 0 Å². The van der Waals surface area contributed by atoms with Crippen LogP contribution in [0.5, 0.6) is 0 Å². The molecule has 4 nitrogen and oxygen atoms in total. The first-order valence-electron chi connectivity index (χ1n) is 8.38. The predicted octanol–water partition coefficient (Wildman–Crippen LogP) is 5.95. The van der Waals surface area contributed by atoms with Crippen LogP contribution in [-0.4, -0.2) is 23.7 Å². The maximum atomic E-state index is 12.6.